The van der Waals surface area contributed by atoms with Crippen molar-refractivity contribution >= 4 is 22.4 Å². The number of aromatic nitrogens is 2. The highest BCUT2D eigenvalue weighted by molar-refractivity contribution is 7.13. The predicted molar refractivity (Wildman–Crippen MR) is 71.0 cm³/mol. The van der Waals surface area contributed by atoms with E-state index in [4.69, 9.17) is 5.73 Å². The maximum Gasteiger partial charge on any atom is 0.226 e. The SMILES string of the molecule is C[C@@H](NC(=O)Cc1csc(N)n1)c1ccncc1. The third kappa shape index (κ3) is 3.27. The topological polar surface area (TPSA) is 80.9 Å². The van der Waals surface area contributed by atoms with Crippen molar-refractivity contribution in [2.75, 3.05) is 5.73 Å². The van der Waals surface area contributed by atoms with Gasteiger partial charge in [-0.1, -0.05) is 0 Å². The molecule has 2 rings (SSSR count). The van der Waals surface area contributed by atoms with Gasteiger partial charge in [-0.15, -0.1) is 11.3 Å². The molecule has 0 bridgehead atoms. The van der Waals surface area contributed by atoms with Crippen molar-refractivity contribution in [2.45, 2.75) is 19.4 Å². The fraction of sp³-hybridized carbons (Fsp3) is 0.250. The quantitative estimate of drug-likeness (QED) is 0.875. The molecule has 0 aromatic carbocycles. The summed E-state index contributed by atoms with van der Waals surface area (Å²) >= 11 is 1.34. The highest BCUT2D eigenvalue weighted by atomic mass is 32.1. The average Bonchev–Trinajstić information content (AvgIpc) is 2.75. The van der Waals surface area contributed by atoms with Crippen LogP contribution >= 0.6 is 11.3 Å². The van der Waals surface area contributed by atoms with Crippen LogP contribution in [0.1, 0.15) is 24.2 Å². The van der Waals surface area contributed by atoms with Crippen LogP contribution in [0.25, 0.3) is 0 Å². The fourth-order valence-corrected chi connectivity index (χ4v) is 2.16. The molecule has 0 saturated carbocycles. The Morgan fingerprint density at radius 3 is 2.83 bits per heavy atom. The summed E-state index contributed by atoms with van der Waals surface area (Å²) in [6.45, 7) is 1.93. The molecule has 3 N–H and O–H groups in total. The Morgan fingerprint density at radius 2 is 2.22 bits per heavy atom. The average molecular weight is 262 g/mol. The van der Waals surface area contributed by atoms with Crippen LogP contribution in [0.15, 0.2) is 29.9 Å². The molecule has 0 aliphatic rings. The van der Waals surface area contributed by atoms with Gasteiger partial charge in [-0.2, -0.15) is 0 Å². The summed E-state index contributed by atoms with van der Waals surface area (Å²) in [5.41, 5.74) is 7.25. The first-order valence-corrected chi connectivity index (χ1v) is 6.42. The van der Waals surface area contributed by atoms with Crippen LogP contribution in [0.2, 0.25) is 0 Å². The number of hydrogen-bond donors (Lipinski definition) is 2. The Bertz CT molecular complexity index is 526. The van der Waals surface area contributed by atoms with E-state index < -0.39 is 0 Å². The minimum absolute atomic E-state index is 0.0449. The van der Waals surface area contributed by atoms with Crippen molar-refractivity contribution in [3.8, 4) is 0 Å². The summed E-state index contributed by atoms with van der Waals surface area (Å²) in [6, 6.07) is 3.72. The summed E-state index contributed by atoms with van der Waals surface area (Å²) in [5, 5.41) is 5.19. The molecular weight excluding hydrogens is 248 g/mol. The molecule has 94 valence electrons. The Morgan fingerprint density at radius 1 is 1.50 bits per heavy atom. The highest BCUT2D eigenvalue weighted by Crippen LogP contribution is 2.13. The van der Waals surface area contributed by atoms with Crippen LogP contribution in [0.3, 0.4) is 0 Å². The van der Waals surface area contributed by atoms with Crippen molar-refractivity contribution in [3.63, 3.8) is 0 Å². The summed E-state index contributed by atoms with van der Waals surface area (Å²) < 4.78 is 0. The molecule has 0 spiro atoms. The Hall–Kier alpha value is -1.95. The standard InChI is InChI=1S/C12H14N4OS/c1-8(9-2-4-14-5-3-9)15-11(17)6-10-7-18-12(13)16-10/h2-5,7-8H,6H2,1H3,(H2,13,16)(H,15,17)/t8-/m1/s1. The van der Waals surface area contributed by atoms with Gasteiger partial charge in [0.15, 0.2) is 5.13 Å². The monoisotopic (exact) mass is 262 g/mol. The fourth-order valence-electron chi connectivity index (χ4n) is 1.60. The number of hydrogen-bond acceptors (Lipinski definition) is 5. The molecule has 2 aromatic rings. The molecule has 2 aromatic heterocycles. The van der Waals surface area contributed by atoms with Gasteiger partial charge in [0.1, 0.15) is 0 Å². The van der Waals surface area contributed by atoms with E-state index in [-0.39, 0.29) is 18.4 Å². The maximum atomic E-state index is 11.8. The van der Waals surface area contributed by atoms with Crippen LogP contribution in [0.4, 0.5) is 5.13 Å². The van der Waals surface area contributed by atoms with Crippen LogP contribution < -0.4 is 11.1 Å². The normalized spacial score (nSPS) is 12.1. The van der Waals surface area contributed by atoms with E-state index >= 15 is 0 Å². The van der Waals surface area contributed by atoms with E-state index in [1.807, 2.05) is 19.1 Å². The molecular formula is C12H14N4OS. The summed E-state index contributed by atoms with van der Waals surface area (Å²) in [4.78, 5) is 19.8. The number of nitrogens with zero attached hydrogens (tertiary/aromatic N) is 2. The second kappa shape index (κ2) is 5.59. The van der Waals surface area contributed by atoms with Gasteiger partial charge in [0.05, 0.1) is 18.2 Å². The molecule has 2 heterocycles. The molecule has 0 saturated heterocycles. The molecule has 0 aliphatic heterocycles. The van der Waals surface area contributed by atoms with E-state index in [1.165, 1.54) is 11.3 Å². The lowest BCUT2D eigenvalue weighted by Gasteiger charge is -2.13. The van der Waals surface area contributed by atoms with Crippen molar-refractivity contribution in [3.05, 3.63) is 41.2 Å². The van der Waals surface area contributed by atoms with Gasteiger partial charge in [0.25, 0.3) is 0 Å². The Balaban J connectivity index is 1.92. The van der Waals surface area contributed by atoms with E-state index in [0.717, 1.165) is 5.56 Å². The maximum absolute atomic E-state index is 11.8. The van der Waals surface area contributed by atoms with Gasteiger partial charge in [0, 0.05) is 17.8 Å². The number of nitrogens with one attached hydrogen (secondary N) is 1. The van der Waals surface area contributed by atoms with Crippen LogP contribution in [0, 0.1) is 0 Å². The second-order valence-corrected chi connectivity index (χ2v) is 4.81. The van der Waals surface area contributed by atoms with E-state index in [2.05, 4.69) is 15.3 Å². The summed E-state index contributed by atoms with van der Waals surface area (Å²) in [6.07, 6.45) is 3.67. The molecule has 0 aliphatic carbocycles. The summed E-state index contributed by atoms with van der Waals surface area (Å²) in [7, 11) is 0. The smallest absolute Gasteiger partial charge is 0.226 e. The minimum Gasteiger partial charge on any atom is -0.375 e. The molecule has 18 heavy (non-hydrogen) atoms. The molecule has 5 nitrogen and oxygen atoms in total. The first-order valence-electron chi connectivity index (χ1n) is 5.54. The molecule has 0 unspecified atom stereocenters. The third-order valence-corrected chi connectivity index (χ3v) is 3.22. The van der Waals surface area contributed by atoms with Crippen LogP contribution in [-0.2, 0) is 11.2 Å². The molecule has 1 atom stereocenters. The van der Waals surface area contributed by atoms with Crippen LogP contribution in [-0.4, -0.2) is 15.9 Å². The number of nitrogens with two attached hydrogens (primary N) is 1. The largest absolute Gasteiger partial charge is 0.375 e. The van der Waals surface area contributed by atoms with Gasteiger partial charge in [-0.25, -0.2) is 4.98 Å². The molecule has 0 fully saturated rings. The third-order valence-electron chi connectivity index (χ3n) is 2.49. The second-order valence-electron chi connectivity index (χ2n) is 3.92. The van der Waals surface area contributed by atoms with Crippen molar-refractivity contribution < 1.29 is 4.79 Å². The zero-order valence-corrected chi connectivity index (χ0v) is 10.8. The Labute approximate surface area is 109 Å². The summed E-state index contributed by atoms with van der Waals surface area (Å²) in [5.74, 6) is -0.0652. The van der Waals surface area contributed by atoms with Gasteiger partial charge in [-0.3, -0.25) is 9.78 Å². The van der Waals surface area contributed by atoms with Gasteiger partial charge in [-0.05, 0) is 24.6 Å². The Kier molecular flexibility index (Phi) is 3.88. The number of rotatable bonds is 4. The number of amides is 1. The molecule has 0 radical (unpaired) electrons. The van der Waals surface area contributed by atoms with Gasteiger partial charge >= 0.3 is 0 Å². The number of carbonyl (C=O) groups is 1. The van der Waals surface area contributed by atoms with E-state index in [9.17, 15) is 4.79 Å². The van der Waals surface area contributed by atoms with Crippen molar-refractivity contribution in [1.82, 2.24) is 15.3 Å². The van der Waals surface area contributed by atoms with Crippen LogP contribution in [0.5, 0.6) is 0 Å². The number of pyridine rings is 1. The predicted octanol–water partition coefficient (Wildman–Crippen LogP) is 1.54. The zero-order chi connectivity index (χ0) is 13.0. The lowest BCUT2D eigenvalue weighted by atomic mass is 10.1. The van der Waals surface area contributed by atoms with Crippen molar-refractivity contribution in [1.29, 1.82) is 0 Å². The van der Waals surface area contributed by atoms with E-state index in [1.54, 1.807) is 17.8 Å². The number of anilines is 1. The number of thiazole rings is 1. The number of carbonyl (C=O) groups excluding carboxylic acids is 1. The lowest BCUT2D eigenvalue weighted by molar-refractivity contribution is -0.121. The lowest BCUT2D eigenvalue weighted by Crippen LogP contribution is -2.28. The van der Waals surface area contributed by atoms with E-state index in [0.29, 0.717) is 10.8 Å². The van der Waals surface area contributed by atoms with Gasteiger partial charge in [0.2, 0.25) is 5.91 Å². The molecule has 1 amide bonds. The zero-order valence-electron chi connectivity index (χ0n) is 9.96. The van der Waals surface area contributed by atoms with Gasteiger partial charge < -0.3 is 11.1 Å². The number of nitrogen functional groups attached to an aromatic ring is 1. The highest BCUT2D eigenvalue weighted by Gasteiger charge is 2.11. The minimum atomic E-state index is -0.0652. The van der Waals surface area contributed by atoms with Crippen molar-refractivity contribution in [2.24, 2.45) is 0 Å². The molecule has 6 heteroatoms. The first kappa shape index (κ1) is 12.5. The first-order chi connectivity index (χ1) is 8.65.